The van der Waals surface area contributed by atoms with Gasteiger partial charge in [-0.2, -0.15) is 0 Å². The molecule has 0 amide bonds. The van der Waals surface area contributed by atoms with E-state index < -0.39 is 0 Å². The molecule has 2 heterocycles. The molecule has 0 atom stereocenters. The number of para-hydroxylation sites is 1. The lowest BCUT2D eigenvalue weighted by molar-refractivity contribution is 0.950. The number of aromatic nitrogens is 3. The Kier molecular flexibility index (Phi) is 2.97. The quantitative estimate of drug-likeness (QED) is 0.780. The zero-order valence-corrected chi connectivity index (χ0v) is 11.2. The van der Waals surface area contributed by atoms with Gasteiger partial charge in [0.15, 0.2) is 5.82 Å². The van der Waals surface area contributed by atoms with E-state index in [2.05, 4.69) is 9.97 Å². The van der Waals surface area contributed by atoms with Crippen LogP contribution in [-0.4, -0.2) is 14.5 Å². The van der Waals surface area contributed by atoms with Crippen molar-refractivity contribution in [3.8, 4) is 11.5 Å². The van der Waals surface area contributed by atoms with Crippen LogP contribution in [0.3, 0.4) is 0 Å². The first kappa shape index (κ1) is 12.1. The van der Waals surface area contributed by atoms with E-state index in [0.29, 0.717) is 11.6 Å². The van der Waals surface area contributed by atoms with Crippen LogP contribution in [0.1, 0.15) is 5.56 Å². The Hall–Kier alpha value is -1.91. The van der Waals surface area contributed by atoms with E-state index >= 15 is 0 Å². The highest BCUT2D eigenvalue weighted by Gasteiger charge is 2.12. The monoisotopic (exact) mass is 272 g/mol. The molecule has 96 valence electrons. The van der Waals surface area contributed by atoms with Crippen LogP contribution < -0.4 is 5.73 Å². The molecule has 0 fully saturated rings. The van der Waals surface area contributed by atoms with E-state index in [1.807, 2.05) is 41.9 Å². The second-order valence-electron chi connectivity index (χ2n) is 4.35. The van der Waals surface area contributed by atoms with Gasteiger partial charge in [0.25, 0.3) is 0 Å². The summed E-state index contributed by atoms with van der Waals surface area (Å²) in [6, 6.07) is 9.69. The fraction of sp³-hybridized carbons (Fsp3) is 0.143. The molecule has 4 nitrogen and oxygen atoms in total. The Balaban J connectivity index is 2.25. The number of aryl methyl sites for hydroxylation is 1. The van der Waals surface area contributed by atoms with Gasteiger partial charge in [-0.1, -0.05) is 23.7 Å². The first-order valence-corrected chi connectivity index (χ1v) is 6.35. The van der Waals surface area contributed by atoms with Gasteiger partial charge in [-0.3, -0.25) is 4.98 Å². The molecule has 0 saturated heterocycles. The van der Waals surface area contributed by atoms with E-state index in [1.54, 1.807) is 6.20 Å². The fourth-order valence-corrected chi connectivity index (χ4v) is 2.29. The predicted molar refractivity (Wildman–Crippen MR) is 76.8 cm³/mol. The molecule has 2 N–H and O–H groups in total. The average molecular weight is 273 g/mol. The normalized spacial score (nSPS) is 11.1. The third-order valence-corrected chi connectivity index (χ3v) is 3.40. The minimum Gasteiger partial charge on any atom is -0.326 e. The number of nitrogens with zero attached hydrogens (tertiary/aromatic N) is 3. The molecule has 0 bridgehead atoms. The average Bonchev–Trinajstić information content (AvgIpc) is 2.77. The fourth-order valence-electron chi connectivity index (χ4n) is 2.17. The van der Waals surface area contributed by atoms with Gasteiger partial charge < -0.3 is 10.3 Å². The number of hydrogen-bond acceptors (Lipinski definition) is 3. The zero-order chi connectivity index (χ0) is 13.4. The van der Waals surface area contributed by atoms with E-state index in [-0.39, 0.29) is 0 Å². The summed E-state index contributed by atoms with van der Waals surface area (Å²) in [5.41, 5.74) is 9.56. The summed E-state index contributed by atoms with van der Waals surface area (Å²) < 4.78 is 2.02. The maximum atomic E-state index is 5.86. The van der Waals surface area contributed by atoms with Crippen molar-refractivity contribution in [2.75, 3.05) is 0 Å². The maximum Gasteiger partial charge on any atom is 0.159 e. The van der Waals surface area contributed by atoms with Gasteiger partial charge in [-0.25, -0.2) is 4.98 Å². The Labute approximate surface area is 115 Å². The molecule has 2 aromatic heterocycles. The lowest BCUT2D eigenvalue weighted by Gasteiger charge is -2.01. The number of benzene rings is 1. The summed E-state index contributed by atoms with van der Waals surface area (Å²) >= 11 is 5.86. The molecule has 0 aliphatic heterocycles. The highest BCUT2D eigenvalue weighted by Crippen LogP contribution is 2.25. The summed E-state index contributed by atoms with van der Waals surface area (Å²) in [5.74, 6) is 0.813. The van der Waals surface area contributed by atoms with Crippen LogP contribution >= 0.6 is 11.6 Å². The van der Waals surface area contributed by atoms with E-state index in [4.69, 9.17) is 17.3 Å². The second kappa shape index (κ2) is 4.64. The van der Waals surface area contributed by atoms with Gasteiger partial charge in [0.05, 0.1) is 16.1 Å². The van der Waals surface area contributed by atoms with Crippen molar-refractivity contribution in [2.24, 2.45) is 12.8 Å². The van der Waals surface area contributed by atoms with Crippen molar-refractivity contribution in [1.29, 1.82) is 0 Å². The second-order valence-corrected chi connectivity index (χ2v) is 4.78. The molecule has 5 heteroatoms. The molecule has 19 heavy (non-hydrogen) atoms. The van der Waals surface area contributed by atoms with E-state index in [9.17, 15) is 0 Å². The first-order chi connectivity index (χ1) is 9.20. The lowest BCUT2D eigenvalue weighted by Crippen LogP contribution is -1.97. The van der Waals surface area contributed by atoms with Crippen molar-refractivity contribution >= 4 is 22.6 Å². The topological polar surface area (TPSA) is 56.7 Å². The maximum absolute atomic E-state index is 5.86. The van der Waals surface area contributed by atoms with Crippen LogP contribution in [0.5, 0.6) is 0 Å². The van der Waals surface area contributed by atoms with Crippen LogP contribution in [-0.2, 0) is 13.6 Å². The summed E-state index contributed by atoms with van der Waals surface area (Å²) in [5, 5.41) is 0.616. The van der Waals surface area contributed by atoms with Gasteiger partial charge >= 0.3 is 0 Å². The molecule has 0 aliphatic carbocycles. The highest BCUT2D eigenvalue weighted by atomic mass is 35.5. The minimum atomic E-state index is 0.474. The number of pyridine rings is 1. The highest BCUT2D eigenvalue weighted by molar-refractivity contribution is 6.30. The van der Waals surface area contributed by atoms with Crippen LogP contribution in [0.15, 0.2) is 36.5 Å². The van der Waals surface area contributed by atoms with Crippen LogP contribution in [0.2, 0.25) is 5.02 Å². The van der Waals surface area contributed by atoms with Crippen LogP contribution in [0, 0.1) is 0 Å². The molecule has 1 aromatic carbocycles. The van der Waals surface area contributed by atoms with Gasteiger partial charge in [-0.15, -0.1) is 0 Å². The Morgan fingerprint density at radius 1 is 1.26 bits per heavy atom. The molecular weight excluding hydrogens is 260 g/mol. The van der Waals surface area contributed by atoms with Crippen LogP contribution in [0.25, 0.3) is 22.6 Å². The smallest absolute Gasteiger partial charge is 0.159 e. The number of nitrogens with two attached hydrogens (primary N) is 1. The van der Waals surface area contributed by atoms with Crippen molar-refractivity contribution in [3.63, 3.8) is 0 Å². The number of hydrogen-bond donors (Lipinski definition) is 1. The molecule has 0 unspecified atom stereocenters. The largest absolute Gasteiger partial charge is 0.326 e. The zero-order valence-electron chi connectivity index (χ0n) is 10.5. The lowest BCUT2D eigenvalue weighted by atomic mass is 10.2. The third kappa shape index (κ3) is 1.99. The first-order valence-electron chi connectivity index (χ1n) is 5.97. The molecule has 3 aromatic rings. The molecule has 0 spiro atoms. The SMILES string of the molecule is Cn1c(-c2ccc(Cl)cn2)nc2c(CN)cccc21. The number of fused-ring (bicyclic) bond motifs is 1. The third-order valence-electron chi connectivity index (χ3n) is 3.17. The van der Waals surface area contributed by atoms with Crippen LogP contribution in [0.4, 0.5) is 0 Å². The van der Waals surface area contributed by atoms with E-state index in [1.165, 1.54) is 0 Å². The Morgan fingerprint density at radius 2 is 2.11 bits per heavy atom. The van der Waals surface area contributed by atoms with Gasteiger partial charge in [0, 0.05) is 19.8 Å². The molecular formula is C14H13ClN4. The van der Waals surface area contributed by atoms with Crippen molar-refractivity contribution in [2.45, 2.75) is 6.54 Å². The summed E-state index contributed by atoms with van der Waals surface area (Å²) in [6.45, 7) is 0.474. The van der Waals surface area contributed by atoms with Crippen molar-refractivity contribution < 1.29 is 0 Å². The Bertz CT molecular complexity index is 731. The van der Waals surface area contributed by atoms with Gasteiger partial charge in [-0.05, 0) is 23.8 Å². The number of imidazole rings is 1. The van der Waals surface area contributed by atoms with E-state index in [0.717, 1.165) is 28.1 Å². The number of rotatable bonds is 2. The van der Waals surface area contributed by atoms with Gasteiger partial charge in [0.2, 0.25) is 0 Å². The summed E-state index contributed by atoms with van der Waals surface area (Å²) in [7, 11) is 1.97. The summed E-state index contributed by atoms with van der Waals surface area (Å²) in [6.07, 6.45) is 1.63. The standard InChI is InChI=1S/C14H13ClN4/c1-19-12-4-2-3-9(7-16)13(12)18-14(19)11-6-5-10(15)8-17-11/h2-6,8H,7,16H2,1H3. The molecule has 0 aliphatic rings. The molecule has 0 saturated carbocycles. The predicted octanol–water partition coefficient (Wildman–Crippen LogP) is 2.75. The molecule has 3 rings (SSSR count). The van der Waals surface area contributed by atoms with Crippen molar-refractivity contribution in [1.82, 2.24) is 14.5 Å². The minimum absolute atomic E-state index is 0.474. The van der Waals surface area contributed by atoms with Gasteiger partial charge in [0.1, 0.15) is 5.69 Å². The number of halogens is 1. The molecule has 0 radical (unpaired) electrons. The summed E-state index contributed by atoms with van der Waals surface area (Å²) in [4.78, 5) is 8.97. The Morgan fingerprint density at radius 3 is 2.79 bits per heavy atom. The van der Waals surface area contributed by atoms with Crippen molar-refractivity contribution in [3.05, 3.63) is 47.1 Å².